The van der Waals surface area contributed by atoms with Crippen molar-refractivity contribution in [3.05, 3.63) is 37.9 Å². The molecule has 0 bridgehead atoms. The first kappa shape index (κ1) is 36.3. The maximum Gasteiger partial charge on any atom is 0.518 e. The summed E-state index contributed by atoms with van der Waals surface area (Å²) in [7, 11) is 0. The molecule has 240 valence electrons. The zero-order valence-corrected chi connectivity index (χ0v) is 19.9. The minimum Gasteiger partial charge on any atom is -0.387 e. The van der Waals surface area contributed by atoms with Gasteiger partial charge in [-0.2, -0.15) is 65.9 Å². The minimum atomic E-state index is -8.65. The maximum absolute atomic E-state index is 13.9. The molecule has 0 saturated carbocycles. The lowest BCUT2D eigenvalue weighted by Gasteiger charge is -2.40. The molecule has 1 atom stereocenters. The van der Waals surface area contributed by atoms with Gasteiger partial charge in [0.05, 0.1) is 15.9 Å². The van der Waals surface area contributed by atoms with Crippen LogP contribution in [-0.4, -0.2) is 57.9 Å². The quantitative estimate of drug-likeness (QED) is 0.0784. The molecule has 9 nitrogen and oxygen atoms in total. The largest absolute Gasteiger partial charge is 0.518 e. The fourth-order valence-corrected chi connectivity index (χ4v) is 2.78. The predicted octanol–water partition coefficient (Wildman–Crippen LogP) is 7.86. The molecule has 1 rings (SSSR count). The van der Waals surface area contributed by atoms with Gasteiger partial charge in [0, 0.05) is 11.6 Å². The van der Waals surface area contributed by atoms with Crippen LogP contribution in [0, 0.1) is 20.2 Å². The Bertz CT molecular complexity index is 1230. The topological polar surface area (TPSA) is 122 Å². The summed E-state index contributed by atoms with van der Waals surface area (Å²) < 4.78 is 205. The summed E-state index contributed by atoms with van der Waals surface area (Å²) in [6.07, 6.45) is -18.9. The second-order valence-corrected chi connectivity index (χ2v) is 8.05. The van der Waals surface area contributed by atoms with E-state index in [1.807, 2.05) is 0 Å². The van der Waals surface area contributed by atoms with Gasteiger partial charge in [-0.25, -0.2) is 4.79 Å². The number of hydrogen-bond acceptors (Lipinski definition) is 7. The third-order valence-corrected chi connectivity index (χ3v) is 5.33. The number of hydrogen-bond donors (Lipinski definition) is 0. The molecule has 0 aliphatic carbocycles. The summed E-state index contributed by atoms with van der Waals surface area (Å²) in [6.45, 7) is 2.38. The van der Waals surface area contributed by atoms with Crippen molar-refractivity contribution >= 4 is 17.5 Å². The molecule has 0 spiro atoms. The Kier molecular flexibility index (Phi) is 9.34. The van der Waals surface area contributed by atoms with Crippen molar-refractivity contribution in [3.8, 4) is 5.75 Å². The Morgan fingerprint density at radius 1 is 0.762 bits per heavy atom. The zero-order chi connectivity index (χ0) is 33.7. The molecule has 0 fully saturated rings. The fourth-order valence-electron chi connectivity index (χ4n) is 2.78. The number of benzene rings is 1. The predicted molar refractivity (Wildman–Crippen MR) is 101 cm³/mol. The average Bonchev–Trinajstić information content (AvgIpc) is 2.81. The number of non-ortho nitro benzene ring substituents is 1. The van der Waals surface area contributed by atoms with Crippen molar-refractivity contribution in [3.63, 3.8) is 0 Å². The molecule has 1 aromatic rings. The number of nitro benzene ring substituents is 2. The van der Waals surface area contributed by atoms with Crippen LogP contribution >= 0.6 is 0 Å². The van der Waals surface area contributed by atoms with Gasteiger partial charge in [-0.05, 0) is 12.3 Å². The fraction of sp³-hybridized carbons (Fsp3) is 0.611. The van der Waals surface area contributed by atoms with Gasteiger partial charge >= 0.3 is 53.7 Å². The molecule has 42 heavy (non-hydrogen) atoms. The molecule has 0 radical (unpaired) electrons. The first-order valence-electron chi connectivity index (χ1n) is 10.2. The van der Waals surface area contributed by atoms with E-state index in [1.54, 1.807) is 0 Å². The number of ether oxygens (including phenoxy) is 2. The third kappa shape index (κ3) is 5.65. The van der Waals surface area contributed by atoms with E-state index in [0.717, 1.165) is 6.92 Å². The van der Waals surface area contributed by atoms with Gasteiger partial charge in [-0.3, -0.25) is 20.2 Å². The Morgan fingerprint density at radius 2 is 1.19 bits per heavy atom. The Hall–Kier alpha value is -3.76. The van der Waals surface area contributed by atoms with Crippen LogP contribution in [0.1, 0.15) is 31.7 Å². The van der Waals surface area contributed by atoms with Gasteiger partial charge in [0.25, 0.3) is 5.69 Å². The van der Waals surface area contributed by atoms with Crippen LogP contribution in [0.15, 0.2) is 12.1 Å². The SMILES string of the molecule is CCC(C)c1cc([N+](=O)[O-])cc([N+](=O)[O-])c1OC(=O)OC(F)(F)C(F)(F)C(F)(F)C(F)(F)C(F)(F)C(F)(F)C(F)(F)F. The molecule has 1 unspecified atom stereocenters. The van der Waals surface area contributed by atoms with E-state index in [0.29, 0.717) is 6.07 Å². The number of rotatable bonds is 11. The van der Waals surface area contributed by atoms with Gasteiger partial charge in [-0.15, -0.1) is 0 Å². The maximum atomic E-state index is 13.9. The highest BCUT2D eigenvalue weighted by atomic mass is 19.4. The summed E-state index contributed by atoms with van der Waals surface area (Å²) in [4.78, 5) is 31.2. The second kappa shape index (κ2) is 10.8. The number of nitro groups is 2. The average molecular weight is 652 g/mol. The van der Waals surface area contributed by atoms with Gasteiger partial charge < -0.3 is 9.47 Å². The smallest absolute Gasteiger partial charge is 0.387 e. The first-order chi connectivity index (χ1) is 18.5. The van der Waals surface area contributed by atoms with Crippen LogP contribution in [0.3, 0.4) is 0 Å². The van der Waals surface area contributed by atoms with Gasteiger partial charge in [-0.1, -0.05) is 13.8 Å². The first-order valence-corrected chi connectivity index (χ1v) is 10.2. The lowest BCUT2D eigenvalue weighted by Crippen LogP contribution is -2.73. The minimum absolute atomic E-state index is 0.0128. The molecule has 0 aromatic heterocycles. The lowest BCUT2D eigenvalue weighted by atomic mass is 9.93. The van der Waals surface area contributed by atoms with E-state index in [4.69, 9.17) is 0 Å². The van der Waals surface area contributed by atoms with Crippen molar-refractivity contribution in [2.45, 2.75) is 68.1 Å². The van der Waals surface area contributed by atoms with Crippen molar-refractivity contribution in [2.75, 3.05) is 0 Å². The molecule has 0 aliphatic heterocycles. The van der Waals surface area contributed by atoms with E-state index in [1.165, 1.54) is 6.92 Å². The summed E-state index contributed by atoms with van der Waals surface area (Å²) >= 11 is 0. The molecular weight excluding hydrogens is 641 g/mol. The van der Waals surface area contributed by atoms with E-state index >= 15 is 0 Å². The Labute approximate surface area is 220 Å². The van der Waals surface area contributed by atoms with Gasteiger partial charge in [0.1, 0.15) is 0 Å². The highest BCUT2D eigenvalue weighted by molar-refractivity contribution is 5.70. The Morgan fingerprint density at radius 3 is 1.57 bits per heavy atom. The van der Waals surface area contributed by atoms with E-state index in [9.17, 15) is 90.9 Å². The summed E-state index contributed by atoms with van der Waals surface area (Å²) in [5.41, 5.74) is -3.53. The summed E-state index contributed by atoms with van der Waals surface area (Å²) in [5, 5.41) is 22.3. The molecule has 0 amide bonds. The highest BCUT2D eigenvalue weighted by Crippen LogP contribution is 2.62. The third-order valence-electron chi connectivity index (χ3n) is 5.33. The highest BCUT2D eigenvalue weighted by Gasteiger charge is 2.94. The van der Waals surface area contributed by atoms with Crippen LogP contribution in [0.5, 0.6) is 5.75 Å². The normalized spacial score (nSPS) is 14.8. The number of carbonyl (C=O) groups excluding carboxylic acids is 1. The second-order valence-electron chi connectivity index (χ2n) is 8.05. The monoisotopic (exact) mass is 652 g/mol. The number of carbonyl (C=O) groups is 1. The van der Waals surface area contributed by atoms with Crippen LogP contribution in [-0.2, 0) is 4.74 Å². The Balaban J connectivity index is 3.62. The molecule has 0 saturated heterocycles. The number of halogens is 15. The van der Waals surface area contributed by atoms with Crippen LogP contribution in [0.4, 0.5) is 82.0 Å². The molecule has 24 heteroatoms. The summed E-state index contributed by atoms with van der Waals surface area (Å²) in [5.74, 6) is -44.9. The molecule has 0 heterocycles. The van der Waals surface area contributed by atoms with Crippen molar-refractivity contribution in [1.82, 2.24) is 0 Å². The molecule has 0 N–H and O–H groups in total. The summed E-state index contributed by atoms with van der Waals surface area (Å²) in [6, 6.07) is 0.437. The van der Waals surface area contributed by atoms with E-state index in [2.05, 4.69) is 9.47 Å². The molecule has 1 aromatic carbocycles. The van der Waals surface area contributed by atoms with Crippen LogP contribution in [0.2, 0.25) is 0 Å². The van der Waals surface area contributed by atoms with Crippen molar-refractivity contribution in [1.29, 1.82) is 0 Å². The van der Waals surface area contributed by atoms with Crippen molar-refractivity contribution < 1.29 is 90.0 Å². The standard InChI is InChI=1S/C18H11F15N2O7/c1-3-6(2)8-4-7(34(37)38)5-9(35(39)40)10(8)41-11(36)42-18(32,33)16(27,28)14(23,24)12(19,20)13(21,22)15(25,26)17(29,30)31/h4-6H,3H2,1-2H3. The molecular formula is C18H11F15N2O7. The van der Waals surface area contributed by atoms with Gasteiger partial charge in [0.15, 0.2) is 0 Å². The van der Waals surface area contributed by atoms with Crippen molar-refractivity contribution in [2.24, 2.45) is 0 Å². The molecule has 0 aliphatic rings. The van der Waals surface area contributed by atoms with Crippen LogP contribution < -0.4 is 4.74 Å². The zero-order valence-electron chi connectivity index (χ0n) is 19.9. The number of alkyl halides is 15. The number of nitrogens with zero attached hydrogens (tertiary/aromatic N) is 2. The van der Waals surface area contributed by atoms with Gasteiger partial charge in [0.2, 0.25) is 5.75 Å². The van der Waals surface area contributed by atoms with E-state index in [-0.39, 0.29) is 12.5 Å². The van der Waals surface area contributed by atoms with E-state index < -0.39 is 86.5 Å². The van der Waals surface area contributed by atoms with Crippen LogP contribution in [0.25, 0.3) is 0 Å². The lowest BCUT2D eigenvalue weighted by molar-refractivity contribution is -0.467.